The van der Waals surface area contributed by atoms with Crippen LogP contribution >= 0.6 is 12.8 Å². The van der Waals surface area contributed by atoms with Crippen LogP contribution in [0.15, 0.2) is 12.4 Å². The number of rotatable bonds is 1. The summed E-state index contributed by atoms with van der Waals surface area (Å²) in [5.41, 5.74) is 0.964. The molecule has 0 bridgehead atoms. The van der Waals surface area contributed by atoms with Crippen molar-refractivity contribution in [2.75, 3.05) is 4.72 Å². The zero-order valence-corrected chi connectivity index (χ0v) is 7.89. The van der Waals surface area contributed by atoms with E-state index in [1.807, 2.05) is 10.9 Å². The van der Waals surface area contributed by atoms with Gasteiger partial charge in [-0.3, -0.25) is 4.68 Å². The van der Waals surface area contributed by atoms with Crippen molar-refractivity contribution in [3.05, 3.63) is 12.4 Å². The number of hydrogen-bond acceptors (Lipinski definition) is 3. The number of thiol groups is 1. The van der Waals surface area contributed by atoms with Crippen molar-refractivity contribution in [2.45, 2.75) is 26.3 Å². The van der Waals surface area contributed by atoms with Crippen LogP contribution in [0.4, 0.5) is 5.69 Å². The number of aromatic nitrogens is 2. The standard InChI is InChI=1S/C7H13N3S/c1-7(2,3)10-5-6(9-11)4-8-10/h4-5,9,11H,1-3H3. The quantitative estimate of drug-likeness (QED) is 0.632. The molecular weight excluding hydrogens is 158 g/mol. The zero-order chi connectivity index (χ0) is 8.48. The van der Waals surface area contributed by atoms with E-state index in [-0.39, 0.29) is 5.54 Å². The van der Waals surface area contributed by atoms with E-state index in [1.165, 1.54) is 0 Å². The highest BCUT2D eigenvalue weighted by Gasteiger charge is 2.13. The molecule has 1 heterocycles. The Morgan fingerprint density at radius 3 is 2.45 bits per heavy atom. The van der Waals surface area contributed by atoms with Crippen LogP contribution in [0, 0.1) is 0 Å². The molecule has 0 saturated carbocycles. The molecule has 0 atom stereocenters. The van der Waals surface area contributed by atoms with Crippen molar-refractivity contribution in [3.63, 3.8) is 0 Å². The monoisotopic (exact) mass is 171 g/mol. The maximum atomic E-state index is 4.16. The largest absolute Gasteiger partial charge is 0.330 e. The molecule has 11 heavy (non-hydrogen) atoms. The molecule has 4 heteroatoms. The second-order valence-corrected chi connectivity index (χ2v) is 3.68. The lowest BCUT2D eigenvalue weighted by atomic mass is 10.1. The average molecular weight is 171 g/mol. The minimum atomic E-state index is 0.0445. The number of nitrogens with one attached hydrogen (secondary N) is 1. The maximum absolute atomic E-state index is 4.16. The van der Waals surface area contributed by atoms with E-state index in [2.05, 4.69) is 43.4 Å². The Hall–Kier alpha value is -0.640. The normalized spacial score (nSPS) is 11.6. The third-order valence-corrected chi connectivity index (χ3v) is 1.66. The SMILES string of the molecule is CC(C)(C)n1cc(NS)cn1. The fraction of sp³-hybridized carbons (Fsp3) is 0.571. The molecule has 0 aliphatic carbocycles. The highest BCUT2D eigenvalue weighted by Crippen LogP contribution is 2.15. The summed E-state index contributed by atoms with van der Waals surface area (Å²) in [5.74, 6) is 0. The first kappa shape index (κ1) is 8.46. The Morgan fingerprint density at radius 1 is 1.55 bits per heavy atom. The van der Waals surface area contributed by atoms with Gasteiger partial charge >= 0.3 is 0 Å². The van der Waals surface area contributed by atoms with E-state index < -0.39 is 0 Å². The van der Waals surface area contributed by atoms with Crippen LogP contribution in [0.3, 0.4) is 0 Å². The zero-order valence-electron chi connectivity index (χ0n) is 7.00. The molecule has 0 saturated heterocycles. The molecule has 0 aliphatic heterocycles. The van der Waals surface area contributed by atoms with Crippen molar-refractivity contribution in [1.29, 1.82) is 0 Å². The maximum Gasteiger partial charge on any atom is 0.0823 e. The second kappa shape index (κ2) is 2.77. The molecule has 3 nitrogen and oxygen atoms in total. The summed E-state index contributed by atoms with van der Waals surface area (Å²) in [4.78, 5) is 0. The van der Waals surface area contributed by atoms with Gasteiger partial charge in [-0.2, -0.15) is 5.10 Å². The van der Waals surface area contributed by atoms with E-state index in [1.54, 1.807) is 6.20 Å². The first-order valence-electron chi connectivity index (χ1n) is 3.49. The van der Waals surface area contributed by atoms with Crippen LogP contribution in [0.25, 0.3) is 0 Å². The van der Waals surface area contributed by atoms with Crippen LogP contribution in [-0.4, -0.2) is 9.78 Å². The Morgan fingerprint density at radius 2 is 2.18 bits per heavy atom. The average Bonchev–Trinajstić information content (AvgIpc) is 2.32. The molecular formula is C7H13N3S. The van der Waals surface area contributed by atoms with Crippen LogP contribution in [0.1, 0.15) is 20.8 Å². The van der Waals surface area contributed by atoms with Crippen molar-refractivity contribution in [1.82, 2.24) is 9.78 Å². The van der Waals surface area contributed by atoms with Crippen LogP contribution in [-0.2, 0) is 5.54 Å². The van der Waals surface area contributed by atoms with Crippen molar-refractivity contribution < 1.29 is 0 Å². The molecule has 1 aromatic heterocycles. The van der Waals surface area contributed by atoms with Crippen LogP contribution in [0.2, 0.25) is 0 Å². The fourth-order valence-corrected chi connectivity index (χ4v) is 0.863. The molecule has 0 spiro atoms. The van der Waals surface area contributed by atoms with Gasteiger partial charge in [-0.1, -0.05) is 12.8 Å². The molecule has 0 aliphatic rings. The predicted molar refractivity (Wildman–Crippen MR) is 49.8 cm³/mol. The van der Waals surface area contributed by atoms with Gasteiger partial charge in [-0.05, 0) is 20.8 Å². The summed E-state index contributed by atoms with van der Waals surface area (Å²) in [7, 11) is 0. The molecule has 0 fully saturated rings. The number of anilines is 1. The number of nitrogens with zero attached hydrogens (tertiary/aromatic N) is 2. The van der Waals surface area contributed by atoms with Crippen molar-refractivity contribution >= 4 is 18.5 Å². The molecule has 1 N–H and O–H groups in total. The highest BCUT2D eigenvalue weighted by atomic mass is 32.1. The molecule has 0 radical (unpaired) electrons. The highest BCUT2D eigenvalue weighted by molar-refractivity contribution is 7.81. The molecule has 0 amide bonds. The first-order chi connectivity index (χ1) is 5.04. The van der Waals surface area contributed by atoms with Gasteiger partial charge in [-0.15, -0.1) is 0 Å². The van der Waals surface area contributed by atoms with Gasteiger partial charge in [0.05, 0.1) is 17.4 Å². The summed E-state index contributed by atoms with van der Waals surface area (Å²) in [5, 5.41) is 4.16. The molecule has 0 aromatic carbocycles. The first-order valence-corrected chi connectivity index (χ1v) is 3.94. The van der Waals surface area contributed by atoms with E-state index >= 15 is 0 Å². The van der Waals surface area contributed by atoms with Crippen LogP contribution < -0.4 is 4.72 Å². The van der Waals surface area contributed by atoms with Crippen molar-refractivity contribution in [2.24, 2.45) is 0 Å². The second-order valence-electron chi connectivity index (χ2n) is 3.46. The van der Waals surface area contributed by atoms with Crippen LogP contribution in [0.5, 0.6) is 0 Å². The lowest BCUT2D eigenvalue weighted by molar-refractivity contribution is 0.355. The minimum Gasteiger partial charge on any atom is -0.330 e. The topological polar surface area (TPSA) is 29.9 Å². The molecule has 1 aromatic rings. The lowest BCUT2D eigenvalue weighted by Crippen LogP contribution is -2.21. The third kappa shape index (κ3) is 1.89. The van der Waals surface area contributed by atoms with E-state index in [9.17, 15) is 0 Å². The van der Waals surface area contributed by atoms with Gasteiger partial charge < -0.3 is 4.72 Å². The van der Waals surface area contributed by atoms with Gasteiger partial charge in [0.2, 0.25) is 0 Å². The van der Waals surface area contributed by atoms with E-state index in [0.717, 1.165) is 5.69 Å². The predicted octanol–water partition coefficient (Wildman–Crippen LogP) is 1.89. The molecule has 62 valence electrons. The Kier molecular flexibility index (Phi) is 2.13. The smallest absolute Gasteiger partial charge is 0.0823 e. The Bertz CT molecular complexity index is 236. The Balaban J connectivity index is 2.89. The van der Waals surface area contributed by atoms with E-state index in [4.69, 9.17) is 0 Å². The van der Waals surface area contributed by atoms with Gasteiger partial charge in [-0.25, -0.2) is 0 Å². The lowest BCUT2D eigenvalue weighted by Gasteiger charge is -2.18. The fourth-order valence-electron chi connectivity index (χ4n) is 0.747. The summed E-state index contributed by atoms with van der Waals surface area (Å²) in [6.45, 7) is 6.30. The Labute approximate surface area is 72.3 Å². The summed E-state index contributed by atoms with van der Waals surface area (Å²) in [6, 6.07) is 0. The summed E-state index contributed by atoms with van der Waals surface area (Å²) in [6.07, 6.45) is 3.67. The van der Waals surface area contributed by atoms with Gasteiger partial charge in [0.1, 0.15) is 0 Å². The minimum absolute atomic E-state index is 0.0445. The third-order valence-electron chi connectivity index (χ3n) is 1.40. The van der Waals surface area contributed by atoms with Gasteiger partial charge in [0, 0.05) is 6.20 Å². The van der Waals surface area contributed by atoms with Gasteiger partial charge in [0.15, 0.2) is 0 Å². The van der Waals surface area contributed by atoms with Gasteiger partial charge in [0.25, 0.3) is 0 Å². The van der Waals surface area contributed by atoms with Crippen molar-refractivity contribution in [3.8, 4) is 0 Å². The molecule has 0 unspecified atom stereocenters. The summed E-state index contributed by atoms with van der Waals surface area (Å²) < 4.78 is 4.62. The molecule has 1 rings (SSSR count). The summed E-state index contributed by atoms with van der Waals surface area (Å²) >= 11 is 3.92. The number of hydrogen-bond donors (Lipinski definition) is 2. The van der Waals surface area contributed by atoms with E-state index in [0.29, 0.717) is 0 Å².